The number of thiazole rings is 1. The van der Waals surface area contributed by atoms with Crippen molar-refractivity contribution in [2.75, 3.05) is 18.4 Å². The summed E-state index contributed by atoms with van der Waals surface area (Å²) in [6.45, 7) is 5.23. The molecule has 0 unspecified atom stereocenters. The maximum absolute atomic E-state index is 12.8. The number of amides is 1. The van der Waals surface area contributed by atoms with Crippen LogP contribution in [0.4, 0.5) is 5.13 Å². The van der Waals surface area contributed by atoms with Gasteiger partial charge < -0.3 is 0 Å². The number of hydrogen-bond donors (Lipinski definition) is 1. The van der Waals surface area contributed by atoms with E-state index >= 15 is 0 Å². The fourth-order valence-corrected chi connectivity index (χ4v) is 5.80. The predicted octanol–water partition coefficient (Wildman–Crippen LogP) is 4.85. The van der Waals surface area contributed by atoms with Crippen molar-refractivity contribution in [3.05, 3.63) is 64.5 Å². The molecule has 2 heterocycles. The molecular formula is C23H25N3O3S2. The monoisotopic (exact) mass is 455 g/mol. The number of nitrogens with one attached hydrogen (secondary N) is 1. The Bertz CT molecular complexity index is 1200. The van der Waals surface area contributed by atoms with Crippen LogP contribution in [0.2, 0.25) is 0 Å². The van der Waals surface area contributed by atoms with E-state index in [0.29, 0.717) is 23.8 Å². The van der Waals surface area contributed by atoms with Crippen molar-refractivity contribution in [2.45, 2.75) is 38.0 Å². The van der Waals surface area contributed by atoms with Crippen molar-refractivity contribution in [1.82, 2.24) is 9.29 Å². The number of aryl methyl sites for hydroxylation is 2. The molecule has 6 nitrogen and oxygen atoms in total. The Labute approximate surface area is 187 Å². The topological polar surface area (TPSA) is 79.4 Å². The molecule has 0 spiro atoms. The summed E-state index contributed by atoms with van der Waals surface area (Å²) in [6.07, 6.45) is 2.84. The highest BCUT2D eigenvalue weighted by Crippen LogP contribution is 2.27. The van der Waals surface area contributed by atoms with Crippen molar-refractivity contribution in [2.24, 2.45) is 0 Å². The summed E-state index contributed by atoms with van der Waals surface area (Å²) in [5.41, 5.74) is 4.62. The van der Waals surface area contributed by atoms with Crippen molar-refractivity contribution >= 4 is 32.4 Å². The summed E-state index contributed by atoms with van der Waals surface area (Å²) in [5, 5.41) is 5.22. The minimum atomic E-state index is -3.51. The first kappa shape index (κ1) is 21.7. The van der Waals surface area contributed by atoms with Gasteiger partial charge in [0, 0.05) is 29.6 Å². The van der Waals surface area contributed by atoms with E-state index in [0.717, 1.165) is 30.5 Å². The highest BCUT2D eigenvalue weighted by atomic mass is 32.2. The molecular weight excluding hydrogens is 430 g/mol. The van der Waals surface area contributed by atoms with Gasteiger partial charge in [0.2, 0.25) is 10.0 Å². The molecule has 1 aromatic heterocycles. The van der Waals surface area contributed by atoms with E-state index in [4.69, 9.17) is 0 Å². The minimum Gasteiger partial charge on any atom is -0.298 e. The van der Waals surface area contributed by atoms with Gasteiger partial charge in [0.25, 0.3) is 5.91 Å². The number of carbonyl (C=O) groups is 1. The molecule has 4 rings (SSSR count). The van der Waals surface area contributed by atoms with E-state index in [2.05, 4.69) is 36.3 Å². The second-order valence-corrected chi connectivity index (χ2v) is 10.6. The fourth-order valence-electron chi connectivity index (χ4n) is 3.57. The van der Waals surface area contributed by atoms with Crippen molar-refractivity contribution in [1.29, 1.82) is 0 Å². The molecule has 0 aliphatic carbocycles. The highest BCUT2D eigenvalue weighted by Gasteiger charge is 2.26. The summed E-state index contributed by atoms with van der Waals surface area (Å²) in [5.74, 6) is -0.317. The Kier molecular flexibility index (Phi) is 6.22. The van der Waals surface area contributed by atoms with E-state index in [1.807, 2.05) is 11.4 Å². The Morgan fingerprint density at radius 2 is 1.71 bits per heavy atom. The van der Waals surface area contributed by atoms with Crippen LogP contribution in [0.25, 0.3) is 11.3 Å². The molecule has 2 aromatic carbocycles. The highest BCUT2D eigenvalue weighted by molar-refractivity contribution is 7.89. The lowest BCUT2D eigenvalue weighted by Gasteiger charge is -2.25. The van der Waals surface area contributed by atoms with Crippen LogP contribution in [0.3, 0.4) is 0 Å². The number of piperidine rings is 1. The van der Waals surface area contributed by atoms with Crippen molar-refractivity contribution < 1.29 is 13.2 Å². The minimum absolute atomic E-state index is 0.220. The Morgan fingerprint density at radius 3 is 2.39 bits per heavy atom. The number of nitrogens with zero attached hydrogens (tertiary/aromatic N) is 2. The van der Waals surface area contributed by atoms with Gasteiger partial charge in [0.1, 0.15) is 0 Å². The van der Waals surface area contributed by atoms with Gasteiger partial charge in [-0.2, -0.15) is 4.31 Å². The molecule has 0 bridgehead atoms. The number of rotatable bonds is 5. The molecule has 1 saturated heterocycles. The lowest BCUT2D eigenvalue weighted by Crippen LogP contribution is -2.35. The third-order valence-corrected chi connectivity index (χ3v) is 8.27. The van der Waals surface area contributed by atoms with E-state index in [1.165, 1.54) is 38.9 Å². The first-order valence-corrected chi connectivity index (χ1v) is 12.6. The summed E-state index contributed by atoms with van der Waals surface area (Å²) in [7, 11) is -3.51. The van der Waals surface area contributed by atoms with Crippen LogP contribution in [0.5, 0.6) is 0 Å². The van der Waals surface area contributed by atoms with Crippen LogP contribution in [0, 0.1) is 13.8 Å². The fraction of sp³-hybridized carbons (Fsp3) is 0.304. The summed E-state index contributed by atoms with van der Waals surface area (Å²) < 4.78 is 27.0. The van der Waals surface area contributed by atoms with E-state index in [-0.39, 0.29) is 10.8 Å². The summed E-state index contributed by atoms with van der Waals surface area (Å²) in [6, 6.07) is 12.3. The van der Waals surface area contributed by atoms with Crippen LogP contribution >= 0.6 is 11.3 Å². The maximum Gasteiger partial charge on any atom is 0.257 e. The van der Waals surface area contributed by atoms with Crippen LogP contribution in [0.1, 0.15) is 40.7 Å². The number of anilines is 1. The standard InChI is InChI=1S/C23H25N3O3S2/c1-16-6-7-19(14-17(16)2)21-15-30-23(24-21)25-22(27)18-8-10-20(11-9-18)31(28,29)26-12-4-3-5-13-26/h6-11,14-15H,3-5,12-13H2,1-2H3,(H,24,25,27). The lowest BCUT2D eigenvalue weighted by atomic mass is 10.1. The van der Waals surface area contributed by atoms with Gasteiger partial charge in [-0.05, 0) is 68.1 Å². The Balaban J connectivity index is 1.45. The smallest absolute Gasteiger partial charge is 0.257 e. The zero-order valence-electron chi connectivity index (χ0n) is 17.6. The first-order valence-electron chi connectivity index (χ1n) is 10.3. The molecule has 1 aliphatic rings. The van der Waals surface area contributed by atoms with Gasteiger partial charge in [0.15, 0.2) is 5.13 Å². The average Bonchev–Trinajstić information content (AvgIpc) is 3.25. The normalized spacial score (nSPS) is 15.0. The molecule has 0 saturated carbocycles. The van der Waals surface area contributed by atoms with Crippen LogP contribution in [0.15, 0.2) is 52.7 Å². The molecule has 0 atom stereocenters. The average molecular weight is 456 g/mol. The van der Waals surface area contributed by atoms with Crippen LogP contribution in [-0.4, -0.2) is 36.7 Å². The van der Waals surface area contributed by atoms with Crippen molar-refractivity contribution in [3.63, 3.8) is 0 Å². The van der Waals surface area contributed by atoms with Crippen molar-refractivity contribution in [3.8, 4) is 11.3 Å². The summed E-state index contributed by atoms with van der Waals surface area (Å²) >= 11 is 1.36. The van der Waals surface area contributed by atoms with Gasteiger partial charge in [-0.1, -0.05) is 18.6 Å². The molecule has 8 heteroatoms. The maximum atomic E-state index is 12.8. The molecule has 1 amide bonds. The van der Waals surface area contributed by atoms with E-state index < -0.39 is 10.0 Å². The second-order valence-electron chi connectivity index (χ2n) is 7.78. The SMILES string of the molecule is Cc1ccc(-c2csc(NC(=O)c3ccc(S(=O)(=O)N4CCCCC4)cc3)n2)cc1C. The Hall–Kier alpha value is -2.55. The van der Waals surface area contributed by atoms with Crippen LogP contribution < -0.4 is 5.32 Å². The number of carbonyl (C=O) groups excluding carboxylic acids is 1. The van der Waals surface area contributed by atoms with Gasteiger partial charge in [-0.15, -0.1) is 11.3 Å². The van der Waals surface area contributed by atoms with Gasteiger partial charge in [-0.25, -0.2) is 13.4 Å². The predicted molar refractivity (Wildman–Crippen MR) is 124 cm³/mol. The largest absolute Gasteiger partial charge is 0.298 e. The number of aromatic nitrogens is 1. The zero-order chi connectivity index (χ0) is 22.0. The number of benzene rings is 2. The lowest BCUT2D eigenvalue weighted by molar-refractivity contribution is 0.102. The quantitative estimate of drug-likeness (QED) is 0.596. The second kappa shape index (κ2) is 8.90. The third-order valence-electron chi connectivity index (χ3n) is 5.60. The molecule has 162 valence electrons. The third kappa shape index (κ3) is 4.71. The summed E-state index contributed by atoms with van der Waals surface area (Å²) in [4.78, 5) is 17.4. The molecule has 1 aliphatic heterocycles. The van der Waals surface area contributed by atoms with E-state index in [9.17, 15) is 13.2 Å². The molecule has 31 heavy (non-hydrogen) atoms. The van der Waals surface area contributed by atoms with Gasteiger partial charge in [0.05, 0.1) is 10.6 Å². The molecule has 3 aromatic rings. The van der Waals surface area contributed by atoms with Gasteiger partial charge in [-0.3, -0.25) is 10.1 Å². The molecule has 1 N–H and O–H groups in total. The molecule has 0 radical (unpaired) electrons. The van der Waals surface area contributed by atoms with E-state index in [1.54, 1.807) is 12.1 Å². The Morgan fingerprint density at radius 1 is 1.00 bits per heavy atom. The van der Waals surface area contributed by atoms with Crippen LogP contribution in [-0.2, 0) is 10.0 Å². The number of sulfonamides is 1. The molecule has 1 fully saturated rings. The van der Waals surface area contributed by atoms with Gasteiger partial charge >= 0.3 is 0 Å². The zero-order valence-corrected chi connectivity index (χ0v) is 19.2. The first-order chi connectivity index (χ1) is 14.8. The number of hydrogen-bond acceptors (Lipinski definition) is 5.